The van der Waals surface area contributed by atoms with Gasteiger partial charge in [-0.2, -0.15) is 0 Å². The van der Waals surface area contributed by atoms with Crippen molar-refractivity contribution < 1.29 is 0 Å². The Morgan fingerprint density at radius 2 is 1.86 bits per heavy atom. The first-order valence-corrected chi connectivity index (χ1v) is 7.93. The molecule has 1 aliphatic heterocycles. The highest BCUT2D eigenvalue weighted by molar-refractivity contribution is 7.80. The molecular formula is C18H26N2S. The van der Waals surface area contributed by atoms with Crippen molar-refractivity contribution in [3.8, 4) is 0 Å². The number of para-hydroxylation sites is 1. The highest BCUT2D eigenvalue weighted by Gasteiger charge is 2.37. The molecule has 3 heteroatoms. The minimum atomic E-state index is 0.0701. The van der Waals surface area contributed by atoms with Gasteiger partial charge in [0.2, 0.25) is 0 Å². The fourth-order valence-electron chi connectivity index (χ4n) is 2.56. The van der Waals surface area contributed by atoms with Crippen LogP contribution in [-0.2, 0) is 0 Å². The predicted molar refractivity (Wildman–Crippen MR) is 95.5 cm³/mol. The van der Waals surface area contributed by atoms with Crippen LogP contribution in [0.4, 0.5) is 5.69 Å². The van der Waals surface area contributed by atoms with Gasteiger partial charge in [-0.1, -0.05) is 50.3 Å². The molecule has 1 aliphatic rings. The highest BCUT2D eigenvalue weighted by atomic mass is 32.1. The topological polar surface area (TPSA) is 15.3 Å². The summed E-state index contributed by atoms with van der Waals surface area (Å²) >= 11 is 5.71. The maximum atomic E-state index is 5.71. The summed E-state index contributed by atoms with van der Waals surface area (Å²) in [6, 6.07) is 10.2. The van der Waals surface area contributed by atoms with E-state index >= 15 is 0 Å². The van der Waals surface area contributed by atoms with E-state index in [1.165, 1.54) is 0 Å². The Balaban J connectivity index is 2.17. The third-order valence-electron chi connectivity index (χ3n) is 4.18. The number of nitrogens with zero attached hydrogens (tertiary/aromatic N) is 1. The van der Waals surface area contributed by atoms with Gasteiger partial charge in [-0.15, -0.1) is 0 Å². The first-order valence-electron chi connectivity index (χ1n) is 7.52. The number of hydrogen-bond acceptors (Lipinski definition) is 2. The van der Waals surface area contributed by atoms with Crippen LogP contribution in [0.3, 0.4) is 0 Å². The molecule has 2 nitrogen and oxygen atoms in total. The zero-order valence-electron chi connectivity index (χ0n) is 13.7. The lowest BCUT2D eigenvalue weighted by Crippen LogP contribution is -2.49. The lowest BCUT2D eigenvalue weighted by atomic mass is 9.75. The molecule has 114 valence electrons. The van der Waals surface area contributed by atoms with Gasteiger partial charge in [-0.3, -0.25) is 0 Å². The van der Waals surface area contributed by atoms with E-state index in [1.54, 1.807) is 0 Å². The molecule has 0 aromatic heterocycles. The lowest BCUT2D eigenvalue weighted by Gasteiger charge is -2.45. The van der Waals surface area contributed by atoms with Crippen molar-refractivity contribution >= 4 is 22.9 Å². The molecule has 0 amide bonds. The Labute approximate surface area is 134 Å². The van der Waals surface area contributed by atoms with Gasteiger partial charge in [0.05, 0.1) is 4.99 Å². The first-order chi connectivity index (χ1) is 9.70. The number of hydrogen-bond donors (Lipinski definition) is 1. The fourth-order valence-corrected chi connectivity index (χ4v) is 3.06. The van der Waals surface area contributed by atoms with Crippen molar-refractivity contribution in [2.24, 2.45) is 11.3 Å². The first kappa shape index (κ1) is 16.0. The molecule has 1 aromatic carbocycles. The van der Waals surface area contributed by atoms with Crippen molar-refractivity contribution in [1.82, 2.24) is 4.90 Å². The second-order valence-electron chi connectivity index (χ2n) is 7.37. The van der Waals surface area contributed by atoms with Crippen molar-refractivity contribution in [2.75, 3.05) is 11.9 Å². The molecule has 0 aliphatic carbocycles. The Morgan fingerprint density at radius 3 is 2.43 bits per heavy atom. The monoisotopic (exact) mass is 302 g/mol. The van der Waals surface area contributed by atoms with Gasteiger partial charge in [0, 0.05) is 23.7 Å². The van der Waals surface area contributed by atoms with E-state index in [-0.39, 0.29) is 11.0 Å². The number of nitrogens with one attached hydrogen (secondary N) is 1. The molecule has 1 atom stereocenters. The molecule has 0 spiro atoms. The molecule has 0 fully saturated rings. The lowest BCUT2D eigenvalue weighted by molar-refractivity contribution is 0.143. The summed E-state index contributed by atoms with van der Waals surface area (Å²) in [5.41, 5.74) is 1.25. The molecule has 1 heterocycles. The van der Waals surface area contributed by atoms with Gasteiger partial charge in [0.1, 0.15) is 0 Å². The maximum absolute atomic E-state index is 5.71. The molecule has 0 saturated heterocycles. The molecule has 1 N–H and O–H groups in total. The van der Waals surface area contributed by atoms with Crippen LogP contribution in [0.15, 0.2) is 42.6 Å². The van der Waals surface area contributed by atoms with E-state index in [2.05, 4.69) is 69.2 Å². The number of benzene rings is 1. The molecule has 0 bridgehead atoms. The van der Waals surface area contributed by atoms with Crippen LogP contribution in [0.2, 0.25) is 0 Å². The van der Waals surface area contributed by atoms with Gasteiger partial charge in [0.25, 0.3) is 0 Å². The predicted octanol–water partition coefficient (Wildman–Crippen LogP) is 4.70. The summed E-state index contributed by atoms with van der Waals surface area (Å²) in [6.45, 7) is 12.2. The zero-order chi connectivity index (χ0) is 15.7. The van der Waals surface area contributed by atoms with Gasteiger partial charge in [-0.25, -0.2) is 0 Å². The average molecular weight is 302 g/mol. The van der Waals surface area contributed by atoms with Crippen LogP contribution in [-0.4, -0.2) is 22.0 Å². The van der Waals surface area contributed by atoms with Crippen molar-refractivity contribution in [2.45, 2.75) is 40.2 Å². The van der Waals surface area contributed by atoms with Gasteiger partial charge >= 0.3 is 0 Å². The van der Waals surface area contributed by atoms with Crippen LogP contribution in [0.5, 0.6) is 0 Å². The van der Waals surface area contributed by atoms with Crippen molar-refractivity contribution in [3.63, 3.8) is 0 Å². The molecular weight excluding hydrogens is 276 g/mol. The Morgan fingerprint density at radius 1 is 1.24 bits per heavy atom. The van der Waals surface area contributed by atoms with Crippen LogP contribution >= 0.6 is 12.2 Å². The summed E-state index contributed by atoms with van der Waals surface area (Å²) in [7, 11) is 0. The Bertz CT molecular complexity index is 526. The number of anilines is 1. The normalized spacial score (nSPS) is 21.2. The number of thiocarbonyl (C=S) groups is 1. The highest BCUT2D eigenvalue weighted by Crippen LogP contribution is 2.36. The second-order valence-corrected chi connectivity index (χ2v) is 7.81. The largest absolute Gasteiger partial charge is 0.372 e. The summed E-state index contributed by atoms with van der Waals surface area (Å²) in [6.07, 6.45) is 4.51. The molecule has 21 heavy (non-hydrogen) atoms. The van der Waals surface area contributed by atoms with E-state index in [4.69, 9.17) is 12.2 Å². The molecule has 1 unspecified atom stereocenters. The van der Waals surface area contributed by atoms with Crippen LogP contribution in [0.25, 0.3) is 0 Å². The standard InChI is InChI=1S/C18H26N2S/c1-17(2,3)20-12-11-18(4,5)15(13-20)16(21)19-14-9-7-6-8-10-14/h6-12,15H,13H2,1-5H3,(H,19,21). The van der Waals surface area contributed by atoms with E-state index in [1.807, 2.05) is 18.2 Å². The smallest absolute Gasteiger partial charge is 0.0855 e. The van der Waals surface area contributed by atoms with Crippen LogP contribution < -0.4 is 5.32 Å². The minimum absolute atomic E-state index is 0.0701. The zero-order valence-corrected chi connectivity index (χ0v) is 14.5. The average Bonchev–Trinajstić information content (AvgIpc) is 2.37. The van der Waals surface area contributed by atoms with Gasteiger partial charge in [0.15, 0.2) is 0 Å². The van der Waals surface area contributed by atoms with E-state index < -0.39 is 0 Å². The fraction of sp³-hybridized carbons (Fsp3) is 0.500. The third-order valence-corrected chi connectivity index (χ3v) is 4.57. The van der Waals surface area contributed by atoms with Crippen molar-refractivity contribution in [3.05, 3.63) is 42.6 Å². The van der Waals surface area contributed by atoms with Crippen molar-refractivity contribution in [1.29, 1.82) is 0 Å². The summed E-state index contributed by atoms with van der Waals surface area (Å²) < 4.78 is 0. The van der Waals surface area contributed by atoms with E-state index in [9.17, 15) is 0 Å². The number of allylic oxidation sites excluding steroid dienone is 1. The molecule has 0 saturated carbocycles. The second kappa shape index (κ2) is 5.80. The number of rotatable bonds is 2. The quantitative estimate of drug-likeness (QED) is 0.797. The molecule has 0 radical (unpaired) electrons. The van der Waals surface area contributed by atoms with Crippen LogP contribution in [0, 0.1) is 11.3 Å². The summed E-state index contributed by atoms with van der Waals surface area (Å²) in [5.74, 6) is 0.303. The van der Waals surface area contributed by atoms with E-state index in [0.29, 0.717) is 5.92 Å². The van der Waals surface area contributed by atoms with Crippen LogP contribution in [0.1, 0.15) is 34.6 Å². The Hall–Kier alpha value is -1.35. The molecule has 1 aromatic rings. The van der Waals surface area contributed by atoms with E-state index in [0.717, 1.165) is 17.2 Å². The SMILES string of the molecule is CC1(C)C=CN(C(C)(C)C)CC1C(=S)Nc1ccccc1. The Kier molecular flexibility index (Phi) is 4.43. The minimum Gasteiger partial charge on any atom is -0.372 e. The van der Waals surface area contributed by atoms with Gasteiger partial charge < -0.3 is 10.2 Å². The maximum Gasteiger partial charge on any atom is 0.0855 e. The molecule has 2 rings (SSSR count). The third kappa shape index (κ3) is 3.85. The van der Waals surface area contributed by atoms with Gasteiger partial charge in [-0.05, 0) is 44.5 Å². The summed E-state index contributed by atoms with van der Waals surface area (Å²) in [5, 5.41) is 3.41. The summed E-state index contributed by atoms with van der Waals surface area (Å²) in [4.78, 5) is 3.30.